The molecule has 0 aliphatic heterocycles. The lowest BCUT2D eigenvalue weighted by Gasteiger charge is -2.16. The van der Waals surface area contributed by atoms with Gasteiger partial charge >= 0.3 is 0 Å². The summed E-state index contributed by atoms with van der Waals surface area (Å²) >= 11 is 0. The highest BCUT2D eigenvalue weighted by molar-refractivity contribution is 5.75. The van der Waals surface area contributed by atoms with Crippen molar-refractivity contribution in [2.24, 2.45) is 0 Å². The van der Waals surface area contributed by atoms with E-state index in [0.717, 1.165) is 25.3 Å². The maximum atomic E-state index is 10.8. The van der Waals surface area contributed by atoms with Gasteiger partial charge < -0.3 is 14.4 Å². The van der Waals surface area contributed by atoms with Gasteiger partial charge in [0, 0.05) is 13.0 Å². The summed E-state index contributed by atoms with van der Waals surface area (Å²) in [4.78, 5) is 13.0. The van der Waals surface area contributed by atoms with Crippen LogP contribution in [0.3, 0.4) is 0 Å². The fraction of sp³-hybridized carbons (Fsp3) is 0.500. The second-order valence-electron chi connectivity index (χ2n) is 4.39. The molecule has 1 aromatic carbocycles. The zero-order valence-electron chi connectivity index (χ0n) is 10.9. The predicted molar refractivity (Wildman–Crippen MR) is 69.2 cm³/mol. The molecule has 0 saturated carbocycles. The Morgan fingerprint density at radius 3 is 2.47 bits per heavy atom. The highest BCUT2D eigenvalue weighted by atomic mass is 16.5. The Kier molecular flexibility index (Phi) is 5.70. The molecule has 0 amide bonds. The molecule has 1 rings (SSSR count). The Labute approximate surface area is 103 Å². The van der Waals surface area contributed by atoms with Gasteiger partial charge in [0.1, 0.15) is 11.5 Å². The lowest BCUT2D eigenvalue weighted by atomic mass is 10.2. The molecule has 0 spiro atoms. The van der Waals surface area contributed by atoms with Gasteiger partial charge in [-0.05, 0) is 44.6 Å². The molecule has 3 nitrogen and oxygen atoms in total. The quantitative estimate of drug-likeness (QED) is 0.727. The molecule has 0 bridgehead atoms. The number of benzene rings is 1. The molecule has 0 N–H and O–H groups in total. The normalized spacial score (nSPS) is 10.6. The topological polar surface area (TPSA) is 29.5 Å². The molecule has 94 valence electrons. The molecule has 0 saturated heterocycles. The monoisotopic (exact) mass is 235 g/mol. The predicted octanol–water partition coefficient (Wildman–Crippen LogP) is 2.50. The number of hydrogen-bond acceptors (Lipinski definition) is 3. The smallest absolute Gasteiger partial charge is 0.129 e. The Hall–Kier alpha value is -1.35. The van der Waals surface area contributed by atoms with E-state index in [-0.39, 0.29) is 5.78 Å². The third-order valence-electron chi connectivity index (χ3n) is 2.68. The first-order valence-corrected chi connectivity index (χ1v) is 5.92. The zero-order valence-corrected chi connectivity index (χ0v) is 10.9. The van der Waals surface area contributed by atoms with Crippen molar-refractivity contribution in [3.63, 3.8) is 0 Å². The molecule has 0 aliphatic rings. The summed E-state index contributed by atoms with van der Waals surface area (Å²) in [5, 5.41) is 0. The molecule has 0 aromatic heterocycles. The van der Waals surface area contributed by atoms with Gasteiger partial charge in [-0.3, -0.25) is 0 Å². The lowest BCUT2D eigenvalue weighted by Crippen LogP contribution is -2.19. The van der Waals surface area contributed by atoms with E-state index in [1.165, 1.54) is 5.56 Å². The van der Waals surface area contributed by atoms with Crippen molar-refractivity contribution in [2.45, 2.75) is 26.3 Å². The number of hydrogen-bond donors (Lipinski definition) is 0. The maximum absolute atomic E-state index is 10.8. The van der Waals surface area contributed by atoms with Crippen LogP contribution in [0, 0.1) is 0 Å². The van der Waals surface area contributed by atoms with Crippen molar-refractivity contribution >= 4 is 5.78 Å². The van der Waals surface area contributed by atoms with Crippen LogP contribution in [-0.4, -0.2) is 31.4 Å². The van der Waals surface area contributed by atoms with E-state index in [1.807, 2.05) is 12.1 Å². The van der Waals surface area contributed by atoms with E-state index in [1.54, 1.807) is 14.0 Å². The van der Waals surface area contributed by atoms with E-state index >= 15 is 0 Å². The summed E-state index contributed by atoms with van der Waals surface area (Å²) in [6, 6.07) is 8.08. The lowest BCUT2D eigenvalue weighted by molar-refractivity contribution is -0.117. The summed E-state index contributed by atoms with van der Waals surface area (Å²) in [5.74, 6) is 1.15. The Balaban J connectivity index is 2.34. The Bertz CT molecular complexity index is 346. The van der Waals surface area contributed by atoms with Gasteiger partial charge in [0.25, 0.3) is 0 Å². The van der Waals surface area contributed by atoms with Crippen LogP contribution in [0.4, 0.5) is 0 Å². The van der Waals surface area contributed by atoms with Gasteiger partial charge in [-0.2, -0.15) is 0 Å². The number of ketones is 1. The Morgan fingerprint density at radius 1 is 1.29 bits per heavy atom. The third-order valence-corrected chi connectivity index (χ3v) is 2.68. The van der Waals surface area contributed by atoms with Crippen LogP contribution in [0.1, 0.15) is 25.3 Å². The number of methoxy groups -OCH3 is 1. The highest BCUT2D eigenvalue weighted by Gasteiger charge is 2.01. The summed E-state index contributed by atoms with van der Waals surface area (Å²) in [6.07, 6.45) is 1.61. The van der Waals surface area contributed by atoms with Crippen LogP contribution < -0.4 is 4.74 Å². The van der Waals surface area contributed by atoms with E-state index < -0.39 is 0 Å². The average molecular weight is 235 g/mol. The largest absolute Gasteiger partial charge is 0.497 e. The molecule has 0 fully saturated rings. The van der Waals surface area contributed by atoms with Gasteiger partial charge in [0.2, 0.25) is 0 Å². The molecule has 0 heterocycles. The van der Waals surface area contributed by atoms with Crippen molar-refractivity contribution in [2.75, 3.05) is 20.7 Å². The standard InChI is InChI=1S/C14H21NO2/c1-12(16)5-4-10-15(2)11-13-6-8-14(17-3)9-7-13/h6-9H,4-5,10-11H2,1-3H3. The molecule has 17 heavy (non-hydrogen) atoms. The average Bonchev–Trinajstić information content (AvgIpc) is 2.29. The molecule has 3 heteroatoms. The summed E-state index contributed by atoms with van der Waals surface area (Å²) < 4.78 is 5.11. The van der Waals surface area contributed by atoms with Gasteiger partial charge in [-0.15, -0.1) is 0 Å². The SMILES string of the molecule is COc1ccc(CN(C)CCCC(C)=O)cc1. The number of carbonyl (C=O) groups is 1. The summed E-state index contributed by atoms with van der Waals surface area (Å²) in [5.41, 5.74) is 1.26. The van der Waals surface area contributed by atoms with Crippen molar-refractivity contribution < 1.29 is 9.53 Å². The van der Waals surface area contributed by atoms with Gasteiger partial charge in [-0.25, -0.2) is 0 Å². The van der Waals surface area contributed by atoms with Crippen molar-refractivity contribution in [3.05, 3.63) is 29.8 Å². The number of Topliss-reactive ketones (excluding diaryl/α,β-unsaturated/α-hetero) is 1. The third kappa shape index (κ3) is 5.50. The van der Waals surface area contributed by atoms with Crippen LogP contribution in [0.25, 0.3) is 0 Å². The van der Waals surface area contributed by atoms with Crippen LogP contribution in [0.15, 0.2) is 24.3 Å². The molecular formula is C14H21NO2. The summed E-state index contributed by atoms with van der Waals surface area (Å²) in [6.45, 7) is 3.50. The first-order valence-electron chi connectivity index (χ1n) is 5.92. The van der Waals surface area contributed by atoms with Gasteiger partial charge in [0.05, 0.1) is 7.11 Å². The molecular weight excluding hydrogens is 214 g/mol. The van der Waals surface area contributed by atoms with E-state index in [2.05, 4.69) is 24.1 Å². The molecule has 0 radical (unpaired) electrons. The van der Waals surface area contributed by atoms with Crippen LogP contribution >= 0.6 is 0 Å². The first kappa shape index (κ1) is 13.7. The van der Waals surface area contributed by atoms with Gasteiger partial charge in [0.15, 0.2) is 0 Å². The minimum atomic E-state index is 0.267. The van der Waals surface area contributed by atoms with Crippen molar-refractivity contribution in [3.8, 4) is 5.75 Å². The number of nitrogens with zero attached hydrogens (tertiary/aromatic N) is 1. The van der Waals surface area contributed by atoms with E-state index in [4.69, 9.17) is 4.74 Å². The van der Waals surface area contributed by atoms with Crippen molar-refractivity contribution in [1.82, 2.24) is 4.90 Å². The molecule has 0 aliphatic carbocycles. The first-order chi connectivity index (χ1) is 8.11. The molecule has 1 aromatic rings. The number of ether oxygens (including phenoxy) is 1. The fourth-order valence-corrected chi connectivity index (χ4v) is 1.72. The second-order valence-corrected chi connectivity index (χ2v) is 4.39. The van der Waals surface area contributed by atoms with E-state index in [9.17, 15) is 4.79 Å². The Morgan fingerprint density at radius 2 is 1.94 bits per heavy atom. The molecule has 0 atom stereocenters. The number of carbonyl (C=O) groups excluding carboxylic acids is 1. The highest BCUT2D eigenvalue weighted by Crippen LogP contribution is 2.12. The minimum absolute atomic E-state index is 0.267. The second kappa shape index (κ2) is 7.07. The maximum Gasteiger partial charge on any atom is 0.129 e. The minimum Gasteiger partial charge on any atom is -0.497 e. The van der Waals surface area contributed by atoms with E-state index in [0.29, 0.717) is 6.42 Å². The zero-order chi connectivity index (χ0) is 12.7. The van der Waals surface area contributed by atoms with Crippen LogP contribution in [-0.2, 0) is 11.3 Å². The van der Waals surface area contributed by atoms with Crippen molar-refractivity contribution in [1.29, 1.82) is 0 Å². The van der Waals surface area contributed by atoms with Gasteiger partial charge in [-0.1, -0.05) is 12.1 Å². The van der Waals surface area contributed by atoms with Crippen LogP contribution in [0.5, 0.6) is 5.75 Å². The van der Waals surface area contributed by atoms with Crippen LogP contribution in [0.2, 0.25) is 0 Å². The number of rotatable bonds is 7. The molecule has 0 unspecified atom stereocenters. The summed E-state index contributed by atoms with van der Waals surface area (Å²) in [7, 11) is 3.74. The fourth-order valence-electron chi connectivity index (χ4n) is 1.72.